The Morgan fingerprint density at radius 1 is 0.868 bits per heavy atom. The van der Waals surface area contributed by atoms with Crippen molar-refractivity contribution in [2.24, 2.45) is 0 Å². The molecule has 0 radical (unpaired) electrons. The Bertz CT molecular complexity index is 1260. The number of para-hydroxylation sites is 2. The van der Waals surface area contributed by atoms with E-state index < -0.39 is 5.97 Å². The molecule has 1 N–H and O–H groups in total. The van der Waals surface area contributed by atoms with Crippen LogP contribution in [0.4, 0.5) is 11.4 Å². The van der Waals surface area contributed by atoms with E-state index in [0.717, 1.165) is 17.9 Å². The first-order valence-electron chi connectivity index (χ1n) is 13.9. The number of carboxylic acid groups (broad SMARTS) is 1. The third kappa shape index (κ3) is 5.36. The molecule has 2 aromatic rings. The molecule has 38 heavy (non-hydrogen) atoms. The summed E-state index contributed by atoms with van der Waals surface area (Å²) < 4.78 is 0. The summed E-state index contributed by atoms with van der Waals surface area (Å²) in [4.78, 5) is 16.0. The van der Waals surface area contributed by atoms with Gasteiger partial charge in [0.05, 0.1) is 12.5 Å². The van der Waals surface area contributed by atoms with Crippen molar-refractivity contribution in [3.8, 4) is 0 Å². The van der Waals surface area contributed by atoms with Crippen LogP contribution in [0.2, 0.25) is 0 Å². The Kier molecular flexibility index (Phi) is 8.30. The van der Waals surface area contributed by atoms with E-state index in [4.69, 9.17) is 0 Å². The van der Waals surface area contributed by atoms with Crippen LogP contribution in [0.15, 0.2) is 96.8 Å². The highest BCUT2D eigenvalue weighted by Crippen LogP contribution is 2.48. The first-order chi connectivity index (χ1) is 18.2. The minimum absolute atomic E-state index is 0.0530. The summed E-state index contributed by atoms with van der Waals surface area (Å²) in [6.07, 6.45) is 17.4. The van der Waals surface area contributed by atoms with E-state index in [0.29, 0.717) is 12.6 Å². The van der Waals surface area contributed by atoms with Crippen LogP contribution in [0.25, 0.3) is 0 Å². The minimum atomic E-state index is -0.779. The number of fused-ring (bicyclic) bond motifs is 2. The Morgan fingerprint density at radius 2 is 1.50 bits per heavy atom. The van der Waals surface area contributed by atoms with Crippen LogP contribution in [-0.2, 0) is 15.6 Å². The first kappa shape index (κ1) is 27.5. The molecular weight excluding hydrogens is 468 g/mol. The van der Waals surface area contributed by atoms with Crippen LogP contribution >= 0.6 is 0 Å². The van der Waals surface area contributed by atoms with Crippen molar-refractivity contribution in [3.63, 3.8) is 0 Å². The number of rotatable bonds is 10. The lowest BCUT2D eigenvalue weighted by Gasteiger charge is -2.32. The zero-order valence-electron chi connectivity index (χ0n) is 23.5. The smallest absolute Gasteiger partial charge is 0.305 e. The number of aliphatic carboxylic acids is 1. The van der Waals surface area contributed by atoms with Gasteiger partial charge in [0.15, 0.2) is 0 Å². The highest BCUT2D eigenvalue weighted by atomic mass is 16.4. The molecule has 2 heterocycles. The van der Waals surface area contributed by atoms with Gasteiger partial charge in [0.2, 0.25) is 0 Å². The highest BCUT2D eigenvalue weighted by Gasteiger charge is 2.42. The zero-order valence-corrected chi connectivity index (χ0v) is 23.5. The lowest BCUT2D eigenvalue weighted by atomic mass is 9.80. The minimum Gasteiger partial charge on any atom is -0.481 e. The molecule has 1 atom stereocenters. The van der Waals surface area contributed by atoms with E-state index >= 15 is 0 Å². The van der Waals surface area contributed by atoms with E-state index in [1.807, 2.05) is 6.07 Å². The summed E-state index contributed by atoms with van der Waals surface area (Å²) in [6, 6.07) is 17.4. The molecule has 4 nitrogen and oxygen atoms in total. The van der Waals surface area contributed by atoms with Crippen molar-refractivity contribution in [1.82, 2.24) is 0 Å². The van der Waals surface area contributed by atoms with Gasteiger partial charge in [0.25, 0.3) is 0 Å². The number of hydrogen-bond donors (Lipinski definition) is 1. The average molecular weight is 511 g/mol. The number of hydrogen-bond acceptors (Lipinski definition) is 3. The van der Waals surface area contributed by atoms with Gasteiger partial charge in [-0.25, -0.2) is 0 Å². The summed E-state index contributed by atoms with van der Waals surface area (Å²) >= 11 is 0. The maximum absolute atomic E-state index is 11.3. The molecule has 0 bridgehead atoms. The standard InChI is InChI=1S/C34H42N2O2/c1-6-7-24-35-28-19-15-13-17-26(28)33(2,3)30(35)21-11-9-8-10-12-22-31-34(4,5)27-18-14-16-20-29(27)36(31)25-23-32(37)38/h8-22,30H,6-7,23-25H2,1-5H3,(H,37,38). The largest absolute Gasteiger partial charge is 0.481 e. The second-order valence-electron chi connectivity index (χ2n) is 11.4. The lowest BCUT2D eigenvalue weighted by molar-refractivity contribution is -0.136. The van der Waals surface area contributed by atoms with Gasteiger partial charge < -0.3 is 14.9 Å². The van der Waals surface area contributed by atoms with E-state index in [-0.39, 0.29) is 17.3 Å². The van der Waals surface area contributed by atoms with Gasteiger partial charge in [-0.15, -0.1) is 0 Å². The summed E-state index contributed by atoms with van der Waals surface area (Å²) in [6.45, 7) is 12.9. The average Bonchev–Trinajstić information content (AvgIpc) is 3.24. The molecular formula is C34H42N2O2. The van der Waals surface area contributed by atoms with Gasteiger partial charge in [-0.1, -0.05) is 114 Å². The fourth-order valence-corrected chi connectivity index (χ4v) is 6.00. The first-order valence-corrected chi connectivity index (χ1v) is 13.9. The molecule has 2 aromatic carbocycles. The molecule has 0 fully saturated rings. The van der Waals surface area contributed by atoms with E-state index in [9.17, 15) is 9.90 Å². The van der Waals surface area contributed by atoms with Crippen molar-refractivity contribution in [1.29, 1.82) is 0 Å². The maximum Gasteiger partial charge on any atom is 0.305 e. The number of carboxylic acids is 1. The van der Waals surface area contributed by atoms with Gasteiger partial charge in [0.1, 0.15) is 0 Å². The lowest BCUT2D eigenvalue weighted by Crippen LogP contribution is -2.40. The number of anilines is 2. The number of allylic oxidation sites excluding steroid dienone is 7. The number of unbranched alkanes of at least 4 members (excludes halogenated alkanes) is 1. The fraction of sp³-hybridized carbons (Fsp3) is 0.382. The summed E-state index contributed by atoms with van der Waals surface area (Å²) in [5.41, 5.74) is 6.11. The highest BCUT2D eigenvalue weighted by molar-refractivity contribution is 5.73. The Morgan fingerprint density at radius 3 is 2.21 bits per heavy atom. The van der Waals surface area contributed by atoms with Gasteiger partial charge >= 0.3 is 5.97 Å². The SMILES string of the molecule is CCCCN1c2ccccc2C(C)(C)C1C=CC=CC=CC=C1N(CCC(=O)O)c2ccccc2C1(C)C. The monoisotopic (exact) mass is 510 g/mol. The van der Waals surface area contributed by atoms with Gasteiger partial charge in [-0.2, -0.15) is 0 Å². The molecule has 0 aromatic heterocycles. The van der Waals surface area contributed by atoms with Gasteiger partial charge in [0, 0.05) is 41.0 Å². The molecule has 4 rings (SSSR count). The van der Waals surface area contributed by atoms with Crippen LogP contribution in [-0.4, -0.2) is 30.2 Å². The predicted octanol–water partition coefficient (Wildman–Crippen LogP) is 7.78. The summed E-state index contributed by atoms with van der Waals surface area (Å²) in [7, 11) is 0. The molecule has 200 valence electrons. The molecule has 2 aliphatic heterocycles. The second-order valence-corrected chi connectivity index (χ2v) is 11.4. The fourth-order valence-electron chi connectivity index (χ4n) is 6.00. The molecule has 0 saturated carbocycles. The van der Waals surface area contributed by atoms with Crippen molar-refractivity contribution in [2.45, 2.75) is 70.8 Å². The molecule has 0 aliphatic carbocycles. The molecule has 0 spiro atoms. The quantitative estimate of drug-likeness (QED) is 0.332. The van der Waals surface area contributed by atoms with E-state index in [1.54, 1.807) is 0 Å². The van der Waals surface area contributed by atoms with Crippen LogP contribution in [0.1, 0.15) is 65.0 Å². The molecule has 0 saturated heterocycles. The van der Waals surface area contributed by atoms with Crippen LogP contribution < -0.4 is 9.80 Å². The van der Waals surface area contributed by atoms with Crippen molar-refractivity contribution in [3.05, 3.63) is 108 Å². The Hall–Kier alpha value is -3.53. The number of nitrogens with zero attached hydrogens (tertiary/aromatic N) is 2. The molecule has 0 amide bonds. The summed E-state index contributed by atoms with van der Waals surface area (Å²) in [5.74, 6) is -0.779. The summed E-state index contributed by atoms with van der Waals surface area (Å²) in [5, 5.41) is 9.28. The van der Waals surface area contributed by atoms with Crippen molar-refractivity contribution in [2.75, 3.05) is 22.9 Å². The third-order valence-electron chi connectivity index (χ3n) is 8.08. The van der Waals surface area contributed by atoms with Crippen molar-refractivity contribution < 1.29 is 9.90 Å². The van der Waals surface area contributed by atoms with E-state index in [1.165, 1.54) is 29.7 Å². The third-order valence-corrected chi connectivity index (χ3v) is 8.08. The van der Waals surface area contributed by atoms with Crippen LogP contribution in [0.5, 0.6) is 0 Å². The topological polar surface area (TPSA) is 43.8 Å². The predicted molar refractivity (Wildman–Crippen MR) is 160 cm³/mol. The van der Waals surface area contributed by atoms with E-state index in [2.05, 4.69) is 129 Å². The van der Waals surface area contributed by atoms with Gasteiger partial charge in [-0.05, 0) is 35.8 Å². The Labute approximate surface area is 228 Å². The van der Waals surface area contributed by atoms with Gasteiger partial charge in [-0.3, -0.25) is 4.79 Å². The van der Waals surface area contributed by atoms with Crippen molar-refractivity contribution >= 4 is 17.3 Å². The normalized spacial score (nSPS) is 20.8. The maximum atomic E-state index is 11.3. The second kappa shape index (κ2) is 11.5. The van der Waals surface area contributed by atoms with Crippen LogP contribution in [0.3, 0.4) is 0 Å². The molecule has 1 unspecified atom stereocenters. The molecule has 4 heteroatoms. The number of benzene rings is 2. The zero-order chi connectivity index (χ0) is 27.3. The Balaban J connectivity index is 1.48. The van der Waals surface area contributed by atoms with Crippen LogP contribution in [0, 0.1) is 0 Å². The molecule has 2 aliphatic rings. The number of carbonyl (C=O) groups is 1.